The second-order valence-corrected chi connectivity index (χ2v) is 10.3. The molecule has 0 bridgehead atoms. The number of hydrogen-bond donors (Lipinski definition) is 0. The van der Waals surface area contributed by atoms with Crippen LogP contribution in [0.1, 0.15) is 5.56 Å². The highest BCUT2D eigenvalue weighted by atomic mass is 31.2. The van der Waals surface area contributed by atoms with Crippen molar-refractivity contribution in [2.45, 2.75) is 0 Å². The minimum absolute atomic E-state index is 0.211. The number of methoxy groups -OCH3 is 1. The second-order valence-electron chi connectivity index (χ2n) is 7.28. The molecule has 0 aliphatic carbocycles. The quantitative estimate of drug-likeness (QED) is 0.209. The fraction of sp³-hybridized carbons (Fsp3) is 0.0357. The molecule has 4 aromatic carbocycles. The molecule has 0 aliphatic rings. The molecule has 0 aromatic heterocycles. The SMILES string of the molecule is COC(=O)C=Cc1cccc(F)c1N=P(c1ccccc1)(c1ccccc1)c1ccccc1. The van der Waals surface area contributed by atoms with Crippen LogP contribution < -0.4 is 15.9 Å². The summed E-state index contributed by atoms with van der Waals surface area (Å²) in [5.74, 6) is -0.963. The van der Waals surface area contributed by atoms with Gasteiger partial charge in [-0.1, -0.05) is 103 Å². The molecule has 4 aromatic rings. The summed E-state index contributed by atoms with van der Waals surface area (Å²) in [7, 11) is -1.34. The first-order valence-corrected chi connectivity index (χ1v) is 12.2. The third-order valence-electron chi connectivity index (χ3n) is 5.26. The average Bonchev–Trinajstić information content (AvgIpc) is 2.88. The summed E-state index contributed by atoms with van der Waals surface area (Å²) in [5, 5.41) is 3.02. The molecular weight excluding hydrogens is 432 g/mol. The van der Waals surface area contributed by atoms with Crippen LogP contribution in [0.25, 0.3) is 6.08 Å². The molecule has 0 radical (unpaired) electrons. The van der Waals surface area contributed by atoms with Crippen molar-refractivity contribution in [3.63, 3.8) is 0 Å². The zero-order valence-electron chi connectivity index (χ0n) is 18.1. The van der Waals surface area contributed by atoms with Crippen molar-refractivity contribution >= 4 is 40.7 Å². The predicted octanol–water partition coefficient (Wildman–Crippen LogP) is 5.82. The molecule has 0 spiro atoms. The van der Waals surface area contributed by atoms with Crippen molar-refractivity contribution < 1.29 is 13.9 Å². The van der Waals surface area contributed by atoms with Gasteiger partial charge in [0.1, 0.15) is 11.5 Å². The van der Waals surface area contributed by atoms with Gasteiger partial charge in [0.05, 0.1) is 14.2 Å². The van der Waals surface area contributed by atoms with Crippen LogP contribution in [0.4, 0.5) is 10.1 Å². The van der Waals surface area contributed by atoms with Gasteiger partial charge in [-0.05, 0) is 12.1 Å². The maximum absolute atomic E-state index is 15.3. The third kappa shape index (κ3) is 4.72. The Balaban J connectivity index is 2.12. The van der Waals surface area contributed by atoms with Crippen LogP contribution in [0.3, 0.4) is 0 Å². The standard InChI is InChI=1S/C28H23FNO2P/c1-32-27(31)21-20-22-12-11-19-26(29)28(22)30-33(23-13-5-2-6-14-23,24-15-7-3-8-16-24)25-17-9-4-10-18-25/h2-21H,1H3. The van der Waals surface area contributed by atoms with Crippen molar-refractivity contribution in [1.82, 2.24) is 0 Å². The summed E-state index contributed by atoms with van der Waals surface area (Å²) in [6.45, 7) is 0. The number of benzene rings is 4. The predicted molar refractivity (Wildman–Crippen MR) is 135 cm³/mol. The Kier molecular flexibility index (Phi) is 6.97. The molecule has 0 fully saturated rings. The van der Waals surface area contributed by atoms with E-state index in [0.29, 0.717) is 5.56 Å². The molecule has 0 amide bonds. The van der Waals surface area contributed by atoms with Gasteiger partial charge in [-0.25, -0.2) is 9.18 Å². The maximum Gasteiger partial charge on any atom is 0.330 e. The van der Waals surface area contributed by atoms with Crippen LogP contribution in [0.2, 0.25) is 0 Å². The minimum atomic E-state index is -2.65. The van der Waals surface area contributed by atoms with E-state index in [1.807, 2.05) is 91.0 Å². The number of esters is 1. The molecule has 0 saturated carbocycles. The molecule has 0 aliphatic heterocycles. The van der Waals surface area contributed by atoms with Gasteiger partial charge in [-0.2, -0.15) is 0 Å². The molecule has 0 atom stereocenters. The third-order valence-corrected chi connectivity index (χ3v) is 8.89. The van der Waals surface area contributed by atoms with Gasteiger partial charge in [0.2, 0.25) is 0 Å². The van der Waals surface area contributed by atoms with E-state index in [4.69, 9.17) is 9.48 Å². The smallest absolute Gasteiger partial charge is 0.330 e. The van der Waals surface area contributed by atoms with E-state index in [-0.39, 0.29) is 5.69 Å². The lowest BCUT2D eigenvalue weighted by molar-refractivity contribution is -0.134. The summed E-state index contributed by atoms with van der Waals surface area (Å²) in [6, 6.07) is 34.8. The highest BCUT2D eigenvalue weighted by Crippen LogP contribution is 2.50. The zero-order chi connectivity index (χ0) is 23.1. The molecule has 3 nitrogen and oxygen atoms in total. The van der Waals surface area contributed by atoms with Gasteiger partial charge in [0, 0.05) is 27.6 Å². The Morgan fingerprint density at radius 3 is 1.70 bits per heavy atom. The second kappa shape index (κ2) is 10.2. The van der Waals surface area contributed by atoms with Crippen molar-refractivity contribution in [3.8, 4) is 0 Å². The normalized spacial score (nSPS) is 11.3. The lowest BCUT2D eigenvalue weighted by Crippen LogP contribution is -2.25. The summed E-state index contributed by atoms with van der Waals surface area (Å²) in [5.41, 5.74) is 0.718. The Morgan fingerprint density at radius 2 is 1.24 bits per heavy atom. The van der Waals surface area contributed by atoms with Crippen LogP contribution in [0, 0.1) is 5.82 Å². The Hall–Kier alpha value is -3.75. The van der Waals surface area contributed by atoms with E-state index in [0.717, 1.165) is 15.9 Å². The van der Waals surface area contributed by atoms with Crippen LogP contribution in [0.15, 0.2) is 120 Å². The van der Waals surface area contributed by atoms with Crippen LogP contribution >= 0.6 is 7.05 Å². The first-order chi connectivity index (χ1) is 16.1. The number of hydrogen-bond acceptors (Lipinski definition) is 3. The molecule has 33 heavy (non-hydrogen) atoms. The number of carbonyl (C=O) groups excluding carboxylic acids is 1. The number of rotatable bonds is 6. The zero-order valence-corrected chi connectivity index (χ0v) is 19.0. The van der Waals surface area contributed by atoms with E-state index in [2.05, 4.69) is 0 Å². The molecule has 4 rings (SSSR count). The van der Waals surface area contributed by atoms with Crippen molar-refractivity contribution in [2.24, 2.45) is 4.74 Å². The Morgan fingerprint density at radius 1 is 0.758 bits per heavy atom. The first kappa shape index (κ1) is 22.4. The fourth-order valence-electron chi connectivity index (χ4n) is 3.70. The molecule has 0 N–H and O–H groups in total. The summed E-state index contributed by atoms with van der Waals surface area (Å²) < 4.78 is 25.3. The van der Waals surface area contributed by atoms with Gasteiger partial charge in [-0.3, -0.25) is 4.74 Å². The minimum Gasteiger partial charge on any atom is -0.466 e. The number of nitrogens with zero attached hydrogens (tertiary/aromatic N) is 1. The van der Waals surface area contributed by atoms with Gasteiger partial charge in [0.15, 0.2) is 0 Å². The Labute approximate surface area is 193 Å². The van der Waals surface area contributed by atoms with Gasteiger partial charge in [0.25, 0.3) is 0 Å². The van der Waals surface area contributed by atoms with Crippen LogP contribution in [0.5, 0.6) is 0 Å². The molecule has 0 saturated heterocycles. The van der Waals surface area contributed by atoms with Gasteiger partial charge < -0.3 is 4.74 Å². The van der Waals surface area contributed by atoms with Gasteiger partial charge in [-0.15, -0.1) is 0 Å². The lowest BCUT2D eigenvalue weighted by atomic mass is 10.1. The maximum atomic E-state index is 15.3. The molecular formula is C28H23FNO2P. The van der Waals surface area contributed by atoms with E-state index in [1.54, 1.807) is 18.2 Å². The number of halogens is 1. The van der Waals surface area contributed by atoms with Crippen LogP contribution in [-0.2, 0) is 9.53 Å². The van der Waals surface area contributed by atoms with Crippen molar-refractivity contribution in [1.29, 1.82) is 0 Å². The summed E-state index contributed by atoms with van der Waals surface area (Å²) in [6.07, 6.45) is 2.82. The van der Waals surface area contributed by atoms with Crippen LogP contribution in [-0.4, -0.2) is 13.1 Å². The largest absolute Gasteiger partial charge is 0.466 e. The average molecular weight is 455 g/mol. The Bertz CT molecular complexity index is 1220. The highest BCUT2D eigenvalue weighted by Gasteiger charge is 2.28. The van der Waals surface area contributed by atoms with Crippen molar-refractivity contribution in [3.05, 3.63) is 127 Å². The topological polar surface area (TPSA) is 38.7 Å². The summed E-state index contributed by atoms with van der Waals surface area (Å²) in [4.78, 5) is 11.7. The number of carbonyl (C=O) groups is 1. The number of ether oxygens (including phenoxy) is 1. The van der Waals surface area contributed by atoms with Gasteiger partial charge >= 0.3 is 5.97 Å². The van der Waals surface area contributed by atoms with E-state index in [9.17, 15) is 4.79 Å². The molecule has 164 valence electrons. The molecule has 0 unspecified atom stereocenters. The summed E-state index contributed by atoms with van der Waals surface area (Å²) >= 11 is 0. The molecule has 0 heterocycles. The van der Waals surface area contributed by atoms with E-state index in [1.165, 1.54) is 19.3 Å². The highest BCUT2D eigenvalue weighted by molar-refractivity contribution is 7.87. The first-order valence-electron chi connectivity index (χ1n) is 10.5. The lowest BCUT2D eigenvalue weighted by Gasteiger charge is -2.27. The van der Waals surface area contributed by atoms with Crippen molar-refractivity contribution in [2.75, 3.05) is 7.11 Å². The monoisotopic (exact) mass is 455 g/mol. The van der Waals surface area contributed by atoms with E-state index < -0.39 is 18.8 Å². The van der Waals surface area contributed by atoms with E-state index >= 15 is 4.39 Å². The fourth-order valence-corrected chi connectivity index (χ4v) is 7.26. The molecule has 5 heteroatoms.